The van der Waals surface area contributed by atoms with Crippen molar-refractivity contribution in [1.82, 2.24) is 10.2 Å². The van der Waals surface area contributed by atoms with Crippen molar-refractivity contribution in [3.63, 3.8) is 0 Å². The van der Waals surface area contributed by atoms with Crippen LogP contribution in [-0.2, 0) is 15.9 Å². The second kappa shape index (κ2) is 8.44. The zero-order valence-corrected chi connectivity index (χ0v) is 15.6. The summed E-state index contributed by atoms with van der Waals surface area (Å²) >= 11 is 0. The first-order valence-corrected chi connectivity index (χ1v) is 10.0. The number of guanidine groups is 1. The first kappa shape index (κ1) is 17.9. The minimum atomic E-state index is 0.429. The highest BCUT2D eigenvalue weighted by molar-refractivity contribution is 5.80. The van der Waals surface area contributed by atoms with Crippen molar-refractivity contribution in [2.45, 2.75) is 32.1 Å². The summed E-state index contributed by atoms with van der Waals surface area (Å²) in [7, 11) is 0. The Morgan fingerprint density at radius 1 is 1.23 bits per heavy atom. The Bertz CT molecular complexity index is 575. The van der Waals surface area contributed by atoms with Crippen LogP contribution in [0.5, 0.6) is 0 Å². The lowest BCUT2D eigenvalue weighted by atomic mass is 9.80. The number of hydrogen-bond donors (Lipinski definition) is 1. The number of furan rings is 1. The van der Waals surface area contributed by atoms with Gasteiger partial charge in [-0.05, 0) is 43.2 Å². The summed E-state index contributed by atoms with van der Waals surface area (Å²) in [6.07, 6.45) is 7.36. The van der Waals surface area contributed by atoms with Gasteiger partial charge in [0.2, 0.25) is 0 Å². The van der Waals surface area contributed by atoms with Crippen LogP contribution in [0.2, 0.25) is 0 Å². The van der Waals surface area contributed by atoms with Crippen molar-refractivity contribution >= 4 is 5.96 Å². The molecule has 26 heavy (non-hydrogen) atoms. The van der Waals surface area contributed by atoms with Crippen molar-refractivity contribution in [2.75, 3.05) is 52.6 Å². The molecule has 0 aromatic carbocycles. The SMILES string of the molecule is c1coc(CCNC(=NCC2CCOC2)N2CCC3(CCOCC3)C2)c1. The van der Waals surface area contributed by atoms with Gasteiger partial charge in [-0.1, -0.05) is 0 Å². The average Bonchev–Trinajstić information content (AvgIpc) is 3.42. The van der Waals surface area contributed by atoms with Gasteiger partial charge in [0.05, 0.1) is 12.9 Å². The zero-order valence-electron chi connectivity index (χ0n) is 15.6. The summed E-state index contributed by atoms with van der Waals surface area (Å²) in [5, 5.41) is 3.59. The number of aliphatic imine (C=N–C) groups is 1. The molecule has 144 valence electrons. The van der Waals surface area contributed by atoms with Crippen LogP contribution in [0.1, 0.15) is 31.4 Å². The fourth-order valence-corrected chi connectivity index (χ4v) is 4.29. The van der Waals surface area contributed by atoms with E-state index in [4.69, 9.17) is 18.9 Å². The zero-order chi connectivity index (χ0) is 17.7. The molecule has 0 radical (unpaired) electrons. The van der Waals surface area contributed by atoms with Gasteiger partial charge in [0.15, 0.2) is 5.96 Å². The fraction of sp³-hybridized carbons (Fsp3) is 0.750. The van der Waals surface area contributed by atoms with Gasteiger partial charge in [0.1, 0.15) is 5.76 Å². The fourth-order valence-electron chi connectivity index (χ4n) is 4.29. The summed E-state index contributed by atoms with van der Waals surface area (Å²) in [6.45, 7) is 7.45. The molecular formula is C20H31N3O3. The molecule has 1 N–H and O–H groups in total. The van der Waals surface area contributed by atoms with E-state index in [-0.39, 0.29) is 0 Å². The van der Waals surface area contributed by atoms with Gasteiger partial charge in [0.25, 0.3) is 0 Å². The first-order chi connectivity index (χ1) is 12.8. The third kappa shape index (κ3) is 4.41. The second-order valence-electron chi connectivity index (χ2n) is 7.93. The first-order valence-electron chi connectivity index (χ1n) is 10.0. The van der Waals surface area contributed by atoms with Crippen LogP contribution >= 0.6 is 0 Å². The predicted molar refractivity (Wildman–Crippen MR) is 100 cm³/mol. The maximum absolute atomic E-state index is 5.58. The average molecular weight is 361 g/mol. The van der Waals surface area contributed by atoms with Gasteiger partial charge < -0.3 is 24.1 Å². The highest BCUT2D eigenvalue weighted by Gasteiger charge is 2.40. The van der Waals surface area contributed by atoms with Gasteiger partial charge in [0, 0.05) is 58.3 Å². The van der Waals surface area contributed by atoms with E-state index in [9.17, 15) is 0 Å². The quantitative estimate of drug-likeness (QED) is 0.644. The third-order valence-corrected chi connectivity index (χ3v) is 6.05. The number of ether oxygens (including phenoxy) is 2. The van der Waals surface area contributed by atoms with Crippen LogP contribution in [0.4, 0.5) is 0 Å². The maximum Gasteiger partial charge on any atom is 0.193 e. The van der Waals surface area contributed by atoms with E-state index in [1.165, 1.54) is 19.3 Å². The Labute approximate surface area is 155 Å². The monoisotopic (exact) mass is 361 g/mol. The molecule has 4 heterocycles. The molecule has 6 nitrogen and oxygen atoms in total. The van der Waals surface area contributed by atoms with Crippen molar-refractivity contribution in [3.05, 3.63) is 24.2 Å². The predicted octanol–water partition coefficient (Wildman–Crippen LogP) is 2.31. The molecule has 0 saturated carbocycles. The summed E-state index contributed by atoms with van der Waals surface area (Å²) in [6, 6.07) is 3.97. The van der Waals surface area contributed by atoms with Gasteiger partial charge in [-0.15, -0.1) is 0 Å². The number of nitrogens with one attached hydrogen (secondary N) is 1. The van der Waals surface area contributed by atoms with Crippen molar-refractivity contribution in [3.8, 4) is 0 Å². The van der Waals surface area contributed by atoms with E-state index in [2.05, 4.69) is 10.2 Å². The maximum atomic E-state index is 5.58. The molecule has 3 aliphatic rings. The third-order valence-electron chi connectivity index (χ3n) is 6.05. The molecule has 0 aliphatic carbocycles. The number of hydrogen-bond acceptors (Lipinski definition) is 4. The van der Waals surface area contributed by atoms with Crippen LogP contribution in [0, 0.1) is 11.3 Å². The summed E-state index contributed by atoms with van der Waals surface area (Å²) in [5.74, 6) is 2.65. The summed E-state index contributed by atoms with van der Waals surface area (Å²) in [5.41, 5.74) is 0.429. The lowest BCUT2D eigenvalue weighted by Crippen LogP contribution is -2.43. The molecule has 3 fully saturated rings. The molecule has 1 unspecified atom stereocenters. The molecule has 1 aromatic heterocycles. The summed E-state index contributed by atoms with van der Waals surface area (Å²) in [4.78, 5) is 7.44. The summed E-state index contributed by atoms with van der Waals surface area (Å²) < 4.78 is 16.5. The van der Waals surface area contributed by atoms with Gasteiger partial charge in [-0.25, -0.2) is 0 Å². The molecule has 3 saturated heterocycles. The molecule has 0 amide bonds. The number of rotatable bonds is 5. The van der Waals surface area contributed by atoms with Crippen LogP contribution in [0.25, 0.3) is 0 Å². The Morgan fingerprint density at radius 3 is 2.92 bits per heavy atom. The van der Waals surface area contributed by atoms with E-state index in [1.54, 1.807) is 6.26 Å². The van der Waals surface area contributed by atoms with Crippen molar-refractivity contribution in [2.24, 2.45) is 16.3 Å². The molecule has 1 spiro atoms. The minimum Gasteiger partial charge on any atom is -0.469 e. The minimum absolute atomic E-state index is 0.429. The number of likely N-dealkylation sites (tertiary alicyclic amines) is 1. The largest absolute Gasteiger partial charge is 0.469 e. The van der Waals surface area contributed by atoms with Crippen LogP contribution in [0.3, 0.4) is 0 Å². The molecular weight excluding hydrogens is 330 g/mol. The van der Waals surface area contributed by atoms with Gasteiger partial charge in [-0.2, -0.15) is 0 Å². The lowest BCUT2D eigenvalue weighted by molar-refractivity contribution is 0.0217. The Morgan fingerprint density at radius 2 is 2.15 bits per heavy atom. The molecule has 4 rings (SSSR count). The second-order valence-corrected chi connectivity index (χ2v) is 7.93. The van der Waals surface area contributed by atoms with Crippen LogP contribution in [0.15, 0.2) is 27.8 Å². The topological polar surface area (TPSA) is 59.2 Å². The lowest BCUT2D eigenvalue weighted by Gasteiger charge is -2.33. The molecule has 1 atom stereocenters. The van der Waals surface area contributed by atoms with Crippen molar-refractivity contribution < 1.29 is 13.9 Å². The Hall–Kier alpha value is -1.53. The molecule has 1 aromatic rings. The normalized spacial score (nSPS) is 25.9. The van der Waals surface area contributed by atoms with Gasteiger partial charge in [-0.3, -0.25) is 4.99 Å². The number of nitrogens with zero attached hydrogens (tertiary/aromatic N) is 2. The Kier molecular flexibility index (Phi) is 5.80. The smallest absolute Gasteiger partial charge is 0.193 e. The Balaban J connectivity index is 1.37. The van der Waals surface area contributed by atoms with Crippen LogP contribution < -0.4 is 5.32 Å². The highest BCUT2D eigenvalue weighted by atomic mass is 16.5. The van der Waals surface area contributed by atoms with E-state index in [1.807, 2.05) is 12.1 Å². The van der Waals surface area contributed by atoms with E-state index >= 15 is 0 Å². The molecule has 3 aliphatic heterocycles. The van der Waals surface area contributed by atoms with Gasteiger partial charge >= 0.3 is 0 Å². The van der Waals surface area contributed by atoms with Crippen molar-refractivity contribution in [1.29, 1.82) is 0 Å². The standard InChI is InChI=1S/C20H31N3O3/c1-2-18(26-10-1)3-8-21-19(22-14-17-4-11-25-15-17)23-9-5-20(16-23)6-12-24-13-7-20/h1-2,10,17H,3-9,11-16H2,(H,21,22). The van der Waals surface area contributed by atoms with E-state index < -0.39 is 0 Å². The highest BCUT2D eigenvalue weighted by Crippen LogP contribution is 2.39. The molecule has 6 heteroatoms. The van der Waals surface area contributed by atoms with E-state index in [0.717, 1.165) is 77.2 Å². The van der Waals surface area contributed by atoms with E-state index in [0.29, 0.717) is 11.3 Å². The molecule has 0 bridgehead atoms. The van der Waals surface area contributed by atoms with Crippen LogP contribution in [-0.4, -0.2) is 63.5 Å².